The van der Waals surface area contributed by atoms with Crippen molar-refractivity contribution in [1.82, 2.24) is 4.90 Å². The van der Waals surface area contributed by atoms with Crippen LogP contribution in [0.1, 0.15) is 51.5 Å². The maximum Gasteiger partial charge on any atom is 0.416 e. The molecule has 3 nitrogen and oxygen atoms in total. The third-order valence-corrected chi connectivity index (χ3v) is 7.89. The van der Waals surface area contributed by atoms with Gasteiger partial charge in [-0.25, -0.2) is 0 Å². The smallest absolute Gasteiger partial charge is 0.368 e. The fourth-order valence-corrected chi connectivity index (χ4v) is 6.11. The van der Waals surface area contributed by atoms with Crippen LogP contribution in [0.4, 0.5) is 18.9 Å². The lowest BCUT2D eigenvalue weighted by atomic mass is 9.67. The first-order valence-electron chi connectivity index (χ1n) is 10.9. The van der Waals surface area contributed by atoms with Crippen molar-refractivity contribution in [3.05, 3.63) is 29.8 Å². The number of rotatable bonds is 4. The summed E-state index contributed by atoms with van der Waals surface area (Å²) in [5.41, 5.74) is 0.309. The van der Waals surface area contributed by atoms with Gasteiger partial charge in [-0.1, -0.05) is 19.9 Å². The second-order valence-corrected chi connectivity index (χ2v) is 9.65. The summed E-state index contributed by atoms with van der Waals surface area (Å²) in [6.45, 7) is 7.06. The molecule has 2 bridgehead atoms. The summed E-state index contributed by atoms with van der Waals surface area (Å²) in [6, 6.07) is 5.46. The van der Waals surface area contributed by atoms with Gasteiger partial charge in [-0.15, -0.1) is 0 Å². The lowest BCUT2D eigenvalue weighted by Gasteiger charge is -2.39. The van der Waals surface area contributed by atoms with Crippen molar-refractivity contribution in [2.24, 2.45) is 23.2 Å². The van der Waals surface area contributed by atoms with Crippen LogP contribution in [-0.4, -0.2) is 37.0 Å². The van der Waals surface area contributed by atoms with Crippen molar-refractivity contribution in [1.29, 1.82) is 0 Å². The topological polar surface area (TPSA) is 23.6 Å². The predicted octanol–water partition coefficient (Wildman–Crippen LogP) is 5.21. The number of nitrogens with zero attached hydrogens (tertiary/aromatic N) is 2. The van der Waals surface area contributed by atoms with Crippen LogP contribution in [0.5, 0.6) is 0 Å². The Hall–Kier alpha value is -1.72. The van der Waals surface area contributed by atoms with Crippen molar-refractivity contribution in [2.45, 2.75) is 52.1 Å². The van der Waals surface area contributed by atoms with Crippen LogP contribution in [0, 0.1) is 23.2 Å². The van der Waals surface area contributed by atoms with Crippen LogP contribution in [0.15, 0.2) is 24.3 Å². The summed E-state index contributed by atoms with van der Waals surface area (Å²) in [7, 11) is 0. The zero-order valence-corrected chi connectivity index (χ0v) is 17.3. The molecular weight excluding hydrogens is 377 g/mol. The van der Waals surface area contributed by atoms with E-state index in [4.69, 9.17) is 0 Å². The molecule has 3 unspecified atom stereocenters. The second kappa shape index (κ2) is 7.51. The molecule has 29 heavy (non-hydrogen) atoms. The Morgan fingerprint density at radius 3 is 2.48 bits per heavy atom. The molecule has 1 saturated heterocycles. The molecule has 0 spiro atoms. The third kappa shape index (κ3) is 3.99. The number of fused-ring (bicyclic) bond motifs is 2. The van der Waals surface area contributed by atoms with Gasteiger partial charge < -0.3 is 9.80 Å². The van der Waals surface area contributed by atoms with Crippen LogP contribution < -0.4 is 4.90 Å². The fourth-order valence-electron chi connectivity index (χ4n) is 6.11. The fraction of sp³-hybridized carbons (Fsp3) is 0.696. The molecule has 3 aliphatic rings. The quantitative estimate of drug-likeness (QED) is 0.683. The van der Waals surface area contributed by atoms with E-state index in [1.165, 1.54) is 31.4 Å². The van der Waals surface area contributed by atoms with E-state index in [9.17, 15) is 18.0 Å². The molecule has 0 N–H and O–H groups in total. The minimum Gasteiger partial charge on any atom is -0.368 e. The molecule has 1 aromatic rings. The lowest BCUT2D eigenvalue weighted by molar-refractivity contribution is -0.137. The molecular formula is C23H31F3N2O. The first-order valence-corrected chi connectivity index (χ1v) is 10.9. The molecule has 4 rings (SSSR count). The minimum absolute atomic E-state index is 0.201. The molecule has 6 heteroatoms. The highest BCUT2D eigenvalue weighted by atomic mass is 19.4. The van der Waals surface area contributed by atoms with Gasteiger partial charge in [0.1, 0.15) is 0 Å². The summed E-state index contributed by atoms with van der Waals surface area (Å²) in [4.78, 5) is 16.6. The van der Waals surface area contributed by atoms with Crippen molar-refractivity contribution < 1.29 is 18.0 Å². The average Bonchev–Trinajstić information content (AvgIpc) is 3.26. The molecule has 2 saturated carbocycles. The van der Waals surface area contributed by atoms with E-state index in [2.05, 4.69) is 13.8 Å². The number of carbonyl (C=O) groups excluding carboxylic acids is 1. The van der Waals surface area contributed by atoms with Gasteiger partial charge in [0.05, 0.1) is 5.56 Å². The average molecular weight is 409 g/mol. The third-order valence-electron chi connectivity index (χ3n) is 7.89. The Morgan fingerprint density at radius 1 is 1.14 bits per heavy atom. The lowest BCUT2D eigenvalue weighted by Crippen LogP contribution is -2.49. The molecule has 1 heterocycles. The Labute approximate surface area is 171 Å². The normalized spacial score (nSPS) is 28.8. The molecule has 1 aliphatic heterocycles. The van der Waals surface area contributed by atoms with Gasteiger partial charge in [0.2, 0.25) is 5.91 Å². The van der Waals surface area contributed by atoms with Crippen LogP contribution in [0.2, 0.25) is 0 Å². The zero-order chi connectivity index (χ0) is 20.8. The monoisotopic (exact) mass is 408 g/mol. The zero-order valence-electron chi connectivity index (χ0n) is 17.3. The molecule has 160 valence electrons. The van der Waals surface area contributed by atoms with E-state index in [0.717, 1.165) is 24.3 Å². The first-order chi connectivity index (χ1) is 13.7. The summed E-state index contributed by atoms with van der Waals surface area (Å²) in [5, 5.41) is 0. The van der Waals surface area contributed by atoms with Crippen molar-refractivity contribution in [3.8, 4) is 0 Å². The minimum atomic E-state index is -4.33. The van der Waals surface area contributed by atoms with Crippen LogP contribution in [0.3, 0.4) is 0 Å². The van der Waals surface area contributed by atoms with E-state index >= 15 is 0 Å². The first kappa shape index (κ1) is 20.5. The van der Waals surface area contributed by atoms with E-state index in [1.807, 2.05) is 9.80 Å². The maximum atomic E-state index is 13.0. The van der Waals surface area contributed by atoms with Crippen LogP contribution in [-0.2, 0) is 11.0 Å². The molecule has 0 radical (unpaired) electrons. The van der Waals surface area contributed by atoms with Gasteiger partial charge >= 0.3 is 6.18 Å². The Morgan fingerprint density at radius 2 is 1.86 bits per heavy atom. The SMILES string of the molecule is CC1(C)C2CCC(C2)C1CCC(=O)N1CCN(c2cccc(C(F)(F)F)c2)CC1. The molecule has 0 aromatic heterocycles. The number of benzene rings is 1. The Kier molecular flexibility index (Phi) is 5.32. The van der Waals surface area contributed by atoms with Crippen molar-refractivity contribution >= 4 is 11.6 Å². The largest absolute Gasteiger partial charge is 0.416 e. The van der Waals surface area contributed by atoms with E-state index in [-0.39, 0.29) is 5.91 Å². The molecule has 3 fully saturated rings. The van der Waals surface area contributed by atoms with E-state index < -0.39 is 11.7 Å². The molecule has 1 amide bonds. The van der Waals surface area contributed by atoms with Crippen LogP contribution >= 0.6 is 0 Å². The van der Waals surface area contributed by atoms with Crippen molar-refractivity contribution in [2.75, 3.05) is 31.1 Å². The molecule has 2 aliphatic carbocycles. The Balaban J connectivity index is 1.29. The number of halogens is 3. The summed E-state index contributed by atoms with van der Waals surface area (Å²) in [5.74, 6) is 2.47. The van der Waals surface area contributed by atoms with Gasteiger partial charge in [-0.3, -0.25) is 4.79 Å². The highest BCUT2D eigenvalue weighted by molar-refractivity contribution is 5.76. The number of hydrogen-bond donors (Lipinski definition) is 0. The number of alkyl halides is 3. The number of piperazine rings is 1. The number of hydrogen-bond acceptors (Lipinski definition) is 2. The number of anilines is 1. The number of amides is 1. The molecule has 3 atom stereocenters. The van der Waals surface area contributed by atoms with Gasteiger partial charge in [-0.05, 0) is 67.1 Å². The summed E-state index contributed by atoms with van der Waals surface area (Å²) < 4.78 is 38.9. The second-order valence-electron chi connectivity index (χ2n) is 9.65. The predicted molar refractivity (Wildman–Crippen MR) is 108 cm³/mol. The summed E-state index contributed by atoms with van der Waals surface area (Å²) in [6.07, 6.45) is 1.24. The highest BCUT2D eigenvalue weighted by Crippen LogP contribution is 2.60. The Bertz CT molecular complexity index is 753. The van der Waals surface area contributed by atoms with Gasteiger partial charge in [0.15, 0.2) is 0 Å². The van der Waals surface area contributed by atoms with Gasteiger partial charge in [-0.2, -0.15) is 13.2 Å². The van der Waals surface area contributed by atoms with Crippen LogP contribution in [0.25, 0.3) is 0 Å². The van der Waals surface area contributed by atoms with Gasteiger partial charge in [0.25, 0.3) is 0 Å². The van der Waals surface area contributed by atoms with E-state index in [1.54, 1.807) is 6.07 Å². The highest BCUT2D eigenvalue weighted by Gasteiger charge is 2.52. The maximum absolute atomic E-state index is 13.0. The molecule has 1 aromatic carbocycles. The van der Waals surface area contributed by atoms with Crippen molar-refractivity contribution in [3.63, 3.8) is 0 Å². The standard InChI is InChI=1S/C23H31F3N2O/c1-22(2)17-7-6-16(14-17)20(22)8-9-21(29)28-12-10-27(11-13-28)19-5-3-4-18(15-19)23(24,25)26/h3-5,15-17,20H,6-14H2,1-2H3. The van der Waals surface area contributed by atoms with E-state index in [0.29, 0.717) is 49.6 Å². The van der Waals surface area contributed by atoms with Gasteiger partial charge in [0, 0.05) is 38.3 Å². The number of carbonyl (C=O) groups is 1. The summed E-state index contributed by atoms with van der Waals surface area (Å²) >= 11 is 0.